The number of carboxylic acids is 1. The summed E-state index contributed by atoms with van der Waals surface area (Å²) in [4.78, 5) is 10.8. The van der Waals surface area contributed by atoms with Gasteiger partial charge in [0.25, 0.3) is 0 Å². The highest BCUT2D eigenvalue weighted by Crippen LogP contribution is 2.21. The first-order chi connectivity index (χ1) is 8.19. The molecule has 1 rings (SSSR count). The molecule has 0 heterocycles. The third-order valence-corrected chi connectivity index (χ3v) is 2.47. The number of hydrogen-bond acceptors (Lipinski definition) is 2. The number of aliphatic carboxylic acids is 1. The molecule has 0 bridgehead atoms. The van der Waals surface area contributed by atoms with Gasteiger partial charge in [-0.25, -0.2) is 0 Å². The van der Waals surface area contributed by atoms with Crippen molar-refractivity contribution in [3.63, 3.8) is 0 Å². The molecule has 1 atom stereocenters. The topological polar surface area (TPSA) is 46.5 Å². The second-order valence-corrected chi connectivity index (χ2v) is 3.64. The van der Waals surface area contributed by atoms with Gasteiger partial charge in [-0.05, 0) is 31.4 Å². The fraction of sp³-hybridized carbons (Fsp3) is 0.357. The van der Waals surface area contributed by atoms with Gasteiger partial charge in [0.05, 0.1) is 6.61 Å². The smallest absolute Gasteiger partial charge is 0.318 e. The minimum absolute atomic E-state index is 0.427. The molecule has 0 saturated carbocycles. The van der Waals surface area contributed by atoms with Crippen LogP contribution < -0.4 is 4.74 Å². The number of rotatable bonds is 6. The molecule has 0 amide bonds. The summed E-state index contributed by atoms with van der Waals surface area (Å²) in [6, 6.07) is 7.61. The van der Waals surface area contributed by atoms with Crippen LogP contribution in [0.3, 0.4) is 0 Å². The van der Waals surface area contributed by atoms with Crippen LogP contribution in [0.15, 0.2) is 24.3 Å². The summed E-state index contributed by atoms with van der Waals surface area (Å²) >= 11 is 0. The fourth-order valence-corrected chi connectivity index (χ4v) is 1.58. The Labute approximate surface area is 101 Å². The maximum atomic E-state index is 10.8. The zero-order chi connectivity index (χ0) is 12.7. The molecule has 3 nitrogen and oxygen atoms in total. The lowest BCUT2D eigenvalue weighted by molar-refractivity contribution is -0.139. The number of para-hydroxylation sites is 1. The molecule has 0 aliphatic rings. The van der Waals surface area contributed by atoms with E-state index in [-0.39, 0.29) is 0 Å². The second kappa shape index (κ2) is 6.59. The highest BCUT2D eigenvalue weighted by atomic mass is 16.5. The molecule has 1 aromatic rings. The van der Waals surface area contributed by atoms with Crippen molar-refractivity contribution in [1.29, 1.82) is 0 Å². The van der Waals surface area contributed by atoms with E-state index >= 15 is 0 Å². The Kier molecular flexibility index (Phi) is 5.09. The van der Waals surface area contributed by atoms with Crippen LogP contribution in [0.5, 0.6) is 5.75 Å². The average molecular weight is 232 g/mol. The van der Waals surface area contributed by atoms with E-state index in [9.17, 15) is 4.79 Å². The Morgan fingerprint density at radius 3 is 2.82 bits per heavy atom. The van der Waals surface area contributed by atoms with E-state index in [0.29, 0.717) is 19.4 Å². The molecule has 1 aromatic carbocycles. The molecular weight excluding hydrogens is 216 g/mol. The molecule has 0 saturated heterocycles. The van der Waals surface area contributed by atoms with E-state index in [4.69, 9.17) is 16.3 Å². The van der Waals surface area contributed by atoms with Gasteiger partial charge in [0.1, 0.15) is 11.7 Å². The van der Waals surface area contributed by atoms with E-state index < -0.39 is 11.9 Å². The monoisotopic (exact) mass is 232 g/mol. The predicted octanol–water partition coefficient (Wildman–Crippen LogP) is 2.35. The standard InChI is InChI=1S/C14H16O3/c1-3-11(14(15)16)9-10-12-7-5-6-8-13(12)17-4-2/h1,5-8,11H,4,9-10H2,2H3,(H,15,16). The molecule has 1 unspecified atom stereocenters. The normalized spacial score (nSPS) is 11.5. The Hall–Kier alpha value is -1.95. The molecule has 0 spiro atoms. The Bertz CT molecular complexity index is 418. The van der Waals surface area contributed by atoms with Crippen LogP contribution in [0.2, 0.25) is 0 Å². The SMILES string of the molecule is C#CC(CCc1ccccc1OCC)C(=O)O. The maximum Gasteiger partial charge on any atom is 0.318 e. The summed E-state index contributed by atoms with van der Waals surface area (Å²) in [5.74, 6) is 1.41. The summed E-state index contributed by atoms with van der Waals surface area (Å²) in [6.45, 7) is 2.51. The number of carboxylic acid groups (broad SMARTS) is 1. The lowest BCUT2D eigenvalue weighted by Gasteiger charge is -2.10. The molecule has 1 N–H and O–H groups in total. The lowest BCUT2D eigenvalue weighted by Crippen LogP contribution is -2.12. The van der Waals surface area contributed by atoms with Crippen LogP contribution in [0, 0.1) is 18.3 Å². The van der Waals surface area contributed by atoms with Crippen molar-refractivity contribution in [2.45, 2.75) is 19.8 Å². The summed E-state index contributed by atoms with van der Waals surface area (Å²) in [5.41, 5.74) is 0.996. The first kappa shape index (κ1) is 13.1. The molecule has 0 aliphatic carbocycles. The van der Waals surface area contributed by atoms with Crippen LogP contribution in [0.4, 0.5) is 0 Å². The quantitative estimate of drug-likeness (QED) is 0.766. The zero-order valence-electron chi connectivity index (χ0n) is 9.85. The first-order valence-corrected chi connectivity index (χ1v) is 5.58. The van der Waals surface area contributed by atoms with Gasteiger partial charge in [-0.3, -0.25) is 4.79 Å². The minimum Gasteiger partial charge on any atom is -0.494 e. The molecule has 0 aliphatic heterocycles. The van der Waals surface area contributed by atoms with E-state index in [0.717, 1.165) is 11.3 Å². The number of aryl methyl sites for hydroxylation is 1. The van der Waals surface area contributed by atoms with Crippen molar-refractivity contribution in [3.05, 3.63) is 29.8 Å². The van der Waals surface area contributed by atoms with Crippen molar-refractivity contribution in [1.82, 2.24) is 0 Å². The van der Waals surface area contributed by atoms with Gasteiger partial charge in [-0.15, -0.1) is 6.42 Å². The van der Waals surface area contributed by atoms with Crippen molar-refractivity contribution in [2.75, 3.05) is 6.61 Å². The van der Waals surface area contributed by atoms with Gasteiger partial charge in [0.15, 0.2) is 0 Å². The van der Waals surface area contributed by atoms with E-state index in [1.54, 1.807) is 0 Å². The number of ether oxygens (including phenoxy) is 1. The summed E-state index contributed by atoms with van der Waals surface area (Å²) < 4.78 is 5.46. The van der Waals surface area contributed by atoms with Crippen LogP contribution >= 0.6 is 0 Å². The zero-order valence-corrected chi connectivity index (χ0v) is 9.85. The largest absolute Gasteiger partial charge is 0.494 e. The molecular formula is C14H16O3. The molecule has 0 fully saturated rings. The van der Waals surface area contributed by atoms with Gasteiger partial charge in [-0.2, -0.15) is 0 Å². The van der Waals surface area contributed by atoms with Crippen LogP contribution in [0.1, 0.15) is 18.9 Å². The fourth-order valence-electron chi connectivity index (χ4n) is 1.58. The Morgan fingerprint density at radius 2 is 2.24 bits per heavy atom. The van der Waals surface area contributed by atoms with E-state index in [1.165, 1.54) is 0 Å². The first-order valence-electron chi connectivity index (χ1n) is 5.58. The Balaban J connectivity index is 2.68. The number of terminal acetylenes is 1. The van der Waals surface area contributed by atoms with Crippen LogP contribution in [0.25, 0.3) is 0 Å². The second-order valence-electron chi connectivity index (χ2n) is 3.64. The molecule has 3 heteroatoms. The lowest BCUT2D eigenvalue weighted by atomic mass is 10.00. The van der Waals surface area contributed by atoms with Crippen molar-refractivity contribution in [2.24, 2.45) is 5.92 Å². The number of carbonyl (C=O) groups is 1. The molecule has 0 aromatic heterocycles. The van der Waals surface area contributed by atoms with Gasteiger partial charge < -0.3 is 9.84 Å². The van der Waals surface area contributed by atoms with Gasteiger partial charge in [0, 0.05) is 0 Å². The highest BCUT2D eigenvalue weighted by Gasteiger charge is 2.14. The number of benzene rings is 1. The minimum atomic E-state index is -0.943. The third-order valence-electron chi connectivity index (χ3n) is 2.47. The van der Waals surface area contributed by atoms with Crippen LogP contribution in [-0.2, 0) is 11.2 Å². The van der Waals surface area contributed by atoms with Crippen molar-refractivity contribution in [3.8, 4) is 18.1 Å². The van der Waals surface area contributed by atoms with Crippen molar-refractivity contribution < 1.29 is 14.6 Å². The van der Waals surface area contributed by atoms with E-state index in [1.807, 2.05) is 31.2 Å². The Morgan fingerprint density at radius 1 is 1.53 bits per heavy atom. The van der Waals surface area contributed by atoms with Crippen LogP contribution in [-0.4, -0.2) is 17.7 Å². The third kappa shape index (κ3) is 3.84. The van der Waals surface area contributed by atoms with E-state index in [2.05, 4.69) is 5.92 Å². The molecule has 90 valence electrons. The maximum absolute atomic E-state index is 10.8. The van der Waals surface area contributed by atoms with Gasteiger partial charge in [0.2, 0.25) is 0 Å². The molecule has 0 radical (unpaired) electrons. The molecule has 17 heavy (non-hydrogen) atoms. The summed E-state index contributed by atoms with van der Waals surface area (Å²) in [6.07, 6.45) is 6.21. The average Bonchev–Trinajstić information content (AvgIpc) is 2.32. The van der Waals surface area contributed by atoms with Gasteiger partial charge >= 0.3 is 5.97 Å². The van der Waals surface area contributed by atoms with Gasteiger partial charge in [-0.1, -0.05) is 24.1 Å². The highest BCUT2D eigenvalue weighted by molar-refractivity contribution is 5.73. The van der Waals surface area contributed by atoms with Crippen molar-refractivity contribution >= 4 is 5.97 Å². The number of hydrogen-bond donors (Lipinski definition) is 1. The summed E-state index contributed by atoms with van der Waals surface area (Å²) in [7, 11) is 0. The summed E-state index contributed by atoms with van der Waals surface area (Å²) in [5, 5.41) is 8.85. The predicted molar refractivity (Wildman–Crippen MR) is 65.9 cm³/mol.